The first-order chi connectivity index (χ1) is 13.7. The van der Waals surface area contributed by atoms with Crippen molar-refractivity contribution in [1.82, 2.24) is 4.90 Å². The number of carbonyl (C=O) groups excluding carboxylic acids is 2. The molecule has 0 unspecified atom stereocenters. The summed E-state index contributed by atoms with van der Waals surface area (Å²) >= 11 is 12.3. The van der Waals surface area contributed by atoms with Crippen molar-refractivity contribution in [1.29, 1.82) is 0 Å². The van der Waals surface area contributed by atoms with Gasteiger partial charge in [-0.3, -0.25) is 14.5 Å². The number of amides is 2. The van der Waals surface area contributed by atoms with Crippen molar-refractivity contribution in [2.75, 3.05) is 5.32 Å². The Balaban J connectivity index is 2.03. The zero-order valence-electron chi connectivity index (χ0n) is 16.6. The van der Waals surface area contributed by atoms with Crippen molar-refractivity contribution in [3.63, 3.8) is 0 Å². The van der Waals surface area contributed by atoms with Gasteiger partial charge in [0.05, 0.1) is 16.7 Å². The molecule has 0 bridgehead atoms. The Morgan fingerprint density at radius 1 is 0.931 bits per heavy atom. The minimum absolute atomic E-state index is 0.0591. The van der Waals surface area contributed by atoms with Crippen LogP contribution in [0.15, 0.2) is 48.2 Å². The van der Waals surface area contributed by atoms with E-state index in [9.17, 15) is 9.59 Å². The van der Waals surface area contributed by atoms with Crippen LogP contribution in [-0.4, -0.2) is 28.9 Å². The van der Waals surface area contributed by atoms with Crippen LogP contribution >= 0.6 is 23.2 Å². The minimum Gasteiger partial charge on any atom is -0.491 e. The number of nitrogens with zero attached hydrogens (tertiary/aromatic N) is 1. The molecular weight excluding hydrogens is 411 g/mol. The normalized spacial score (nSPS) is 14.4. The van der Waals surface area contributed by atoms with E-state index in [-0.39, 0.29) is 23.4 Å². The van der Waals surface area contributed by atoms with Gasteiger partial charge < -0.3 is 10.1 Å². The van der Waals surface area contributed by atoms with E-state index in [2.05, 4.69) is 5.32 Å². The van der Waals surface area contributed by atoms with Crippen LogP contribution in [0.4, 0.5) is 5.69 Å². The molecule has 3 rings (SSSR count). The van der Waals surface area contributed by atoms with E-state index in [0.717, 1.165) is 5.75 Å². The third kappa shape index (κ3) is 4.41. The van der Waals surface area contributed by atoms with Gasteiger partial charge in [-0.2, -0.15) is 0 Å². The lowest BCUT2D eigenvalue weighted by molar-refractivity contribution is -0.138. The first-order valence-corrected chi connectivity index (χ1v) is 10.1. The second-order valence-corrected chi connectivity index (χ2v) is 8.11. The fourth-order valence-electron chi connectivity index (χ4n) is 3.11. The summed E-state index contributed by atoms with van der Waals surface area (Å²) in [6.07, 6.45) is 0.0591. The second kappa shape index (κ2) is 8.47. The molecule has 1 N–H and O–H groups in total. The van der Waals surface area contributed by atoms with Crippen molar-refractivity contribution < 1.29 is 14.3 Å². The van der Waals surface area contributed by atoms with E-state index < -0.39 is 11.8 Å². The first-order valence-electron chi connectivity index (χ1n) is 9.30. The largest absolute Gasteiger partial charge is 0.491 e. The maximum Gasteiger partial charge on any atom is 0.278 e. The summed E-state index contributed by atoms with van der Waals surface area (Å²) in [6, 6.07) is 11.7. The third-order valence-corrected chi connectivity index (χ3v) is 4.88. The molecule has 0 aliphatic carbocycles. The van der Waals surface area contributed by atoms with E-state index in [0.29, 0.717) is 21.3 Å². The van der Waals surface area contributed by atoms with E-state index in [1.54, 1.807) is 56.3 Å². The first kappa shape index (κ1) is 21.2. The number of halogens is 2. The van der Waals surface area contributed by atoms with Crippen LogP contribution in [0.5, 0.6) is 5.75 Å². The number of nitrogens with one attached hydrogen (secondary N) is 1. The number of carbonyl (C=O) groups is 2. The van der Waals surface area contributed by atoms with Crippen molar-refractivity contribution in [2.45, 2.75) is 39.8 Å². The van der Waals surface area contributed by atoms with Crippen LogP contribution in [0.25, 0.3) is 5.57 Å². The average Bonchev–Trinajstić information content (AvgIpc) is 2.87. The van der Waals surface area contributed by atoms with Gasteiger partial charge in [0.15, 0.2) is 0 Å². The highest BCUT2D eigenvalue weighted by Crippen LogP contribution is 2.36. The Kier molecular flexibility index (Phi) is 6.20. The van der Waals surface area contributed by atoms with Crippen molar-refractivity contribution in [3.05, 3.63) is 63.8 Å². The molecule has 1 aliphatic rings. The monoisotopic (exact) mass is 432 g/mol. The second-order valence-electron chi connectivity index (χ2n) is 7.26. The van der Waals surface area contributed by atoms with Crippen molar-refractivity contribution in [2.24, 2.45) is 0 Å². The molecule has 2 aromatic rings. The van der Waals surface area contributed by atoms with Crippen molar-refractivity contribution in [3.8, 4) is 5.75 Å². The maximum absolute atomic E-state index is 13.1. The molecule has 0 radical (unpaired) electrons. The van der Waals surface area contributed by atoms with Crippen molar-refractivity contribution >= 4 is 46.3 Å². The molecule has 0 atom stereocenters. The molecule has 2 amide bonds. The Labute approximate surface area is 180 Å². The van der Waals surface area contributed by atoms with Crippen LogP contribution in [0.2, 0.25) is 10.0 Å². The van der Waals surface area contributed by atoms with Crippen LogP contribution in [-0.2, 0) is 9.59 Å². The quantitative estimate of drug-likeness (QED) is 0.622. The van der Waals surface area contributed by atoms with Gasteiger partial charge in [-0.05, 0) is 64.1 Å². The standard InChI is InChI=1S/C22H22Cl2N2O3/c1-12(2)26-21(27)19(17-10-5-14(23)11-18(17)24)20(22(26)28)25-15-6-8-16(9-7-15)29-13(3)4/h5-13,25H,1-4H3. The molecule has 152 valence electrons. The predicted molar refractivity (Wildman–Crippen MR) is 116 cm³/mol. The van der Waals surface area contributed by atoms with Crippen LogP contribution in [0, 0.1) is 0 Å². The molecule has 0 aromatic heterocycles. The Bertz CT molecular complexity index is 982. The van der Waals surface area contributed by atoms with E-state index >= 15 is 0 Å². The number of anilines is 1. The molecule has 0 saturated heterocycles. The zero-order valence-corrected chi connectivity index (χ0v) is 18.1. The molecule has 0 saturated carbocycles. The zero-order chi connectivity index (χ0) is 21.3. The number of benzene rings is 2. The van der Waals surface area contributed by atoms with Gasteiger partial charge in [0, 0.05) is 22.3 Å². The fourth-order valence-corrected chi connectivity index (χ4v) is 3.61. The highest BCUT2D eigenvalue weighted by Gasteiger charge is 2.41. The topological polar surface area (TPSA) is 58.6 Å². The van der Waals surface area contributed by atoms with Gasteiger partial charge in [0.2, 0.25) is 0 Å². The van der Waals surface area contributed by atoms with Gasteiger partial charge >= 0.3 is 0 Å². The summed E-state index contributed by atoms with van der Waals surface area (Å²) in [5.41, 5.74) is 1.53. The summed E-state index contributed by atoms with van der Waals surface area (Å²) in [4.78, 5) is 27.3. The highest BCUT2D eigenvalue weighted by atomic mass is 35.5. The number of imide groups is 1. The lowest BCUT2D eigenvalue weighted by Crippen LogP contribution is -2.38. The smallest absolute Gasteiger partial charge is 0.278 e. The van der Waals surface area contributed by atoms with Gasteiger partial charge in [0.1, 0.15) is 11.4 Å². The summed E-state index contributed by atoms with van der Waals surface area (Å²) in [5, 5.41) is 3.85. The average molecular weight is 433 g/mol. The minimum atomic E-state index is -0.395. The third-order valence-electron chi connectivity index (χ3n) is 4.33. The fraction of sp³-hybridized carbons (Fsp3) is 0.273. The van der Waals surface area contributed by atoms with E-state index in [4.69, 9.17) is 27.9 Å². The van der Waals surface area contributed by atoms with Gasteiger partial charge in [-0.25, -0.2) is 0 Å². The lowest BCUT2D eigenvalue weighted by atomic mass is 10.0. The molecular formula is C22H22Cl2N2O3. The number of hydrogen-bond acceptors (Lipinski definition) is 4. The predicted octanol–water partition coefficient (Wildman–Crippen LogP) is 5.38. The van der Waals surface area contributed by atoms with Gasteiger partial charge in [-0.1, -0.05) is 29.3 Å². The molecule has 2 aromatic carbocycles. The summed E-state index contributed by atoms with van der Waals surface area (Å²) in [6.45, 7) is 7.47. The SMILES string of the molecule is CC(C)Oc1ccc(NC2=C(c3ccc(Cl)cc3Cl)C(=O)N(C(C)C)C2=O)cc1. The van der Waals surface area contributed by atoms with Crippen LogP contribution in [0.1, 0.15) is 33.3 Å². The molecule has 5 nitrogen and oxygen atoms in total. The molecule has 7 heteroatoms. The number of rotatable bonds is 6. The lowest BCUT2D eigenvalue weighted by Gasteiger charge is -2.19. The Hall–Kier alpha value is -2.50. The highest BCUT2D eigenvalue weighted by molar-refractivity contribution is 6.41. The Morgan fingerprint density at radius 2 is 1.59 bits per heavy atom. The van der Waals surface area contributed by atoms with Gasteiger partial charge in [0.25, 0.3) is 11.8 Å². The van der Waals surface area contributed by atoms with Crippen LogP contribution < -0.4 is 10.1 Å². The molecule has 0 fully saturated rings. The molecule has 1 heterocycles. The number of ether oxygens (including phenoxy) is 1. The summed E-state index contributed by atoms with van der Waals surface area (Å²) in [5.74, 6) is -0.0665. The summed E-state index contributed by atoms with van der Waals surface area (Å²) < 4.78 is 5.64. The number of hydrogen-bond donors (Lipinski definition) is 1. The van der Waals surface area contributed by atoms with E-state index in [1.807, 2.05) is 13.8 Å². The Morgan fingerprint density at radius 3 is 2.14 bits per heavy atom. The van der Waals surface area contributed by atoms with Gasteiger partial charge in [-0.15, -0.1) is 0 Å². The molecule has 1 aliphatic heterocycles. The summed E-state index contributed by atoms with van der Waals surface area (Å²) in [7, 11) is 0. The van der Waals surface area contributed by atoms with Crippen LogP contribution in [0.3, 0.4) is 0 Å². The molecule has 0 spiro atoms. The molecule has 29 heavy (non-hydrogen) atoms. The maximum atomic E-state index is 13.1. The van der Waals surface area contributed by atoms with E-state index in [1.165, 1.54) is 4.90 Å².